The van der Waals surface area contributed by atoms with E-state index in [0.29, 0.717) is 37.9 Å². The molecule has 2 unspecified atom stereocenters. The minimum atomic E-state index is -0.859. The molecular formula is C30H33NO6S. The van der Waals surface area contributed by atoms with Crippen LogP contribution < -0.4 is 14.2 Å². The van der Waals surface area contributed by atoms with Crippen LogP contribution in [0.25, 0.3) is 11.1 Å². The van der Waals surface area contributed by atoms with Crippen molar-refractivity contribution in [1.29, 1.82) is 0 Å². The third-order valence-corrected chi connectivity index (χ3v) is 8.62. The highest BCUT2D eigenvalue weighted by atomic mass is 32.2. The van der Waals surface area contributed by atoms with Crippen molar-refractivity contribution < 1.29 is 28.3 Å². The molecule has 1 fully saturated rings. The Morgan fingerprint density at radius 3 is 2.63 bits per heavy atom. The van der Waals surface area contributed by atoms with Gasteiger partial charge < -0.3 is 19.3 Å². The maximum absolute atomic E-state index is 11.9. The Morgan fingerprint density at radius 2 is 1.89 bits per heavy atom. The molecule has 0 saturated carbocycles. The van der Waals surface area contributed by atoms with Crippen LogP contribution in [0.3, 0.4) is 0 Å². The maximum atomic E-state index is 11.9. The zero-order chi connectivity index (χ0) is 26.6. The minimum Gasteiger partial charge on any atom is -0.492 e. The number of nitrogens with zero attached hydrogens (tertiary/aromatic N) is 1. The van der Waals surface area contributed by atoms with Crippen molar-refractivity contribution in [3.05, 3.63) is 76.9 Å². The van der Waals surface area contributed by atoms with Crippen LogP contribution in [-0.2, 0) is 22.4 Å². The van der Waals surface area contributed by atoms with Crippen molar-refractivity contribution in [2.75, 3.05) is 32.1 Å². The predicted octanol–water partition coefficient (Wildman–Crippen LogP) is 5.25. The van der Waals surface area contributed by atoms with E-state index >= 15 is 0 Å². The van der Waals surface area contributed by atoms with E-state index in [1.807, 2.05) is 34.6 Å². The molecule has 0 aromatic heterocycles. The van der Waals surface area contributed by atoms with E-state index in [4.69, 9.17) is 19.3 Å². The van der Waals surface area contributed by atoms with Gasteiger partial charge in [-0.25, -0.2) is 8.51 Å². The predicted molar refractivity (Wildman–Crippen MR) is 147 cm³/mol. The van der Waals surface area contributed by atoms with Crippen LogP contribution in [0.5, 0.6) is 17.2 Å². The molecule has 38 heavy (non-hydrogen) atoms. The zero-order valence-electron chi connectivity index (χ0n) is 21.8. The fraction of sp³-hybridized carbons (Fsp3) is 0.367. The average molecular weight is 536 g/mol. The molecule has 3 aromatic rings. The van der Waals surface area contributed by atoms with Gasteiger partial charge >= 0.3 is 5.97 Å². The molecule has 2 heterocycles. The number of hydrogen-bond acceptors (Lipinski definition) is 5. The lowest BCUT2D eigenvalue weighted by molar-refractivity contribution is -0.137. The fourth-order valence-electron chi connectivity index (χ4n) is 5.25. The van der Waals surface area contributed by atoms with Gasteiger partial charge in [0.15, 0.2) is 0 Å². The molecule has 7 nitrogen and oxygen atoms in total. The van der Waals surface area contributed by atoms with Gasteiger partial charge in [0.2, 0.25) is 0 Å². The van der Waals surface area contributed by atoms with Gasteiger partial charge in [0.25, 0.3) is 0 Å². The summed E-state index contributed by atoms with van der Waals surface area (Å²) < 4.78 is 31.7. The molecule has 1 saturated heterocycles. The molecule has 5 rings (SSSR count). The van der Waals surface area contributed by atoms with Gasteiger partial charge in [-0.05, 0) is 72.4 Å². The Kier molecular flexibility index (Phi) is 8.00. The first-order valence-electron chi connectivity index (χ1n) is 13.0. The van der Waals surface area contributed by atoms with Crippen molar-refractivity contribution >= 4 is 17.0 Å². The summed E-state index contributed by atoms with van der Waals surface area (Å²) in [4.78, 5) is 11.1. The van der Waals surface area contributed by atoms with E-state index in [1.54, 1.807) is 0 Å². The molecular weight excluding hydrogens is 502 g/mol. The van der Waals surface area contributed by atoms with Crippen LogP contribution in [0.4, 0.5) is 0 Å². The fourth-order valence-corrected chi connectivity index (χ4v) is 6.49. The molecule has 0 amide bonds. The topological polar surface area (TPSA) is 85.3 Å². The van der Waals surface area contributed by atoms with Gasteiger partial charge in [0, 0.05) is 36.4 Å². The summed E-state index contributed by atoms with van der Waals surface area (Å²) in [7, 11) is -0.859. The summed E-state index contributed by atoms with van der Waals surface area (Å²) in [6, 6.07) is 18.1. The summed E-state index contributed by atoms with van der Waals surface area (Å²) in [6.45, 7) is 7.04. The largest absolute Gasteiger partial charge is 0.492 e. The van der Waals surface area contributed by atoms with Gasteiger partial charge in [0.1, 0.15) is 30.5 Å². The number of aliphatic carboxylic acids is 1. The third kappa shape index (κ3) is 6.03. The van der Waals surface area contributed by atoms with Crippen molar-refractivity contribution in [3.8, 4) is 28.4 Å². The van der Waals surface area contributed by atoms with Crippen LogP contribution >= 0.6 is 0 Å². The van der Waals surface area contributed by atoms with E-state index in [1.165, 1.54) is 5.56 Å². The minimum absolute atomic E-state index is 0.0622. The second-order valence-corrected chi connectivity index (χ2v) is 11.5. The van der Waals surface area contributed by atoms with Crippen LogP contribution in [0.2, 0.25) is 0 Å². The Labute approximate surface area is 225 Å². The molecule has 1 N–H and O–H groups in total. The highest BCUT2D eigenvalue weighted by Gasteiger charge is 2.26. The molecule has 0 aliphatic carbocycles. The third-order valence-electron chi connectivity index (χ3n) is 7.04. The summed E-state index contributed by atoms with van der Waals surface area (Å²) >= 11 is 0. The highest BCUT2D eigenvalue weighted by molar-refractivity contribution is 7.82. The van der Waals surface area contributed by atoms with Gasteiger partial charge in [-0.2, -0.15) is 0 Å². The Hall–Kier alpha value is -3.36. The summed E-state index contributed by atoms with van der Waals surface area (Å²) in [6.07, 6.45) is 1.05. The zero-order valence-corrected chi connectivity index (χ0v) is 22.6. The quantitative estimate of drug-likeness (QED) is 0.382. The molecule has 0 bridgehead atoms. The Morgan fingerprint density at radius 1 is 1.08 bits per heavy atom. The first-order chi connectivity index (χ1) is 18.4. The number of carbonyl (C=O) groups is 1. The van der Waals surface area contributed by atoms with Crippen LogP contribution in [0, 0.1) is 13.8 Å². The molecule has 0 spiro atoms. The van der Waals surface area contributed by atoms with Gasteiger partial charge in [-0.15, -0.1) is 0 Å². The summed E-state index contributed by atoms with van der Waals surface area (Å²) in [5.74, 6) is 2.04. The molecule has 2 aliphatic heterocycles. The molecule has 2 atom stereocenters. The monoisotopic (exact) mass is 535 g/mol. The van der Waals surface area contributed by atoms with E-state index in [-0.39, 0.29) is 12.3 Å². The van der Waals surface area contributed by atoms with Crippen LogP contribution in [0.15, 0.2) is 54.6 Å². The number of hydrogen-bond donors (Lipinski definition) is 1. The number of rotatable bonds is 10. The Balaban J connectivity index is 1.23. The standard InChI is InChI=1S/C30H33NO6S/c1-20-13-26(35-11-10-31-9-4-12-38(31)34)14-21(2)30(20)23-6-3-5-22(15-23)18-36-25-7-8-27-24(16-29(32)33)19-37-28(27)17-25/h3,5-8,13-15,17,24H,4,9-12,16,18-19H2,1-2H3,(H,32,33). The first-order valence-corrected chi connectivity index (χ1v) is 14.2. The number of benzene rings is 3. The lowest BCUT2D eigenvalue weighted by atomic mass is 9.94. The summed E-state index contributed by atoms with van der Waals surface area (Å²) in [5.41, 5.74) is 6.53. The number of ether oxygens (including phenoxy) is 3. The Bertz CT molecular complexity index is 1330. The van der Waals surface area contributed by atoms with Gasteiger partial charge in [-0.1, -0.05) is 24.3 Å². The van der Waals surface area contributed by atoms with E-state index in [2.05, 4.69) is 38.1 Å². The van der Waals surface area contributed by atoms with E-state index in [9.17, 15) is 9.00 Å². The summed E-state index contributed by atoms with van der Waals surface area (Å²) in [5, 5.41) is 9.10. The lowest BCUT2D eigenvalue weighted by Crippen LogP contribution is -2.26. The molecule has 8 heteroatoms. The second kappa shape index (κ2) is 11.6. The van der Waals surface area contributed by atoms with Crippen molar-refractivity contribution in [2.24, 2.45) is 0 Å². The maximum Gasteiger partial charge on any atom is 0.304 e. The van der Waals surface area contributed by atoms with Crippen LogP contribution in [-0.4, -0.2) is 51.6 Å². The highest BCUT2D eigenvalue weighted by Crippen LogP contribution is 2.38. The van der Waals surface area contributed by atoms with Crippen LogP contribution in [0.1, 0.15) is 41.0 Å². The number of fused-ring (bicyclic) bond motifs is 1. The lowest BCUT2D eigenvalue weighted by Gasteiger charge is -2.17. The number of aryl methyl sites for hydroxylation is 2. The average Bonchev–Trinajstić information content (AvgIpc) is 3.47. The van der Waals surface area contributed by atoms with Crippen molar-refractivity contribution in [1.82, 2.24) is 4.31 Å². The van der Waals surface area contributed by atoms with Gasteiger partial charge in [0.05, 0.1) is 24.0 Å². The number of carboxylic acid groups (broad SMARTS) is 1. The van der Waals surface area contributed by atoms with Gasteiger partial charge in [-0.3, -0.25) is 4.79 Å². The second-order valence-electron chi connectivity index (χ2n) is 9.88. The molecule has 2 aliphatic rings. The number of carboxylic acids is 1. The van der Waals surface area contributed by atoms with Crippen molar-refractivity contribution in [2.45, 2.75) is 39.2 Å². The molecule has 3 aromatic carbocycles. The van der Waals surface area contributed by atoms with E-state index in [0.717, 1.165) is 52.3 Å². The molecule has 0 radical (unpaired) electrons. The first kappa shape index (κ1) is 26.3. The van der Waals surface area contributed by atoms with E-state index < -0.39 is 17.0 Å². The smallest absolute Gasteiger partial charge is 0.304 e. The normalized spacial score (nSPS) is 18.7. The molecule has 200 valence electrons. The SMILES string of the molecule is Cc1cc(OCCN2CCCS2=O)cc(C)c1-c1cccc(COc2ccc3c(c2)OCC3CC(=O)O)c1. The van der Waals surface area contributed by atoms with Crippen molar-refractivity contribution in [3.63, 3.8) is 0 Å².